The number of alkyl halides is 2. The third-order valence-electron chi connectivity index (χ3n) is 3.25. The molecule has 0 bridgehead atoms. The van der Waals surface area contributed by atoms with Gasteiger partial charge in [-0.25, -0.2) is 0 Å². The molecule has 1 aromatic carbocycles. The molecule has 0 radical (unpaired) electrons. The van der Waals surface area contributed by atoms with Gasteiger partial charge in [-0.3, -0.25) is 4.90 Å². The van der Waals surface area contributed by atoms with Gasteiger partial charge in [0.2, 0.25) is 0 Å². The number of hydrogen-bond donors (Lipinski definition) is 1. The molecule has 1 aromatic rings. The van der Waals surface area contributed by atoms with Crippen molar-refractivity contribution >= 4 is 15.9 Å². The number of hydrogen-bond acceptors (Lipinski definition) is 3. The second-order valence-corrected chi connectivity index (χ2v) is 5.57. The van der Waals surface area contributed by atoms with E-state index in [0.717, 1.165) is 31.6 Å². The highest BCUT2D eigenvalue weighted by molar-refractivity contribution is 9.10. The molecule has 0 aliphatic carbocycles. The van der Waals surface area contributed by atoms with Crippen molar-refractivity contribution in [2.45, 2.75) is 19.6 Å². The first-order valence-electron chi connectivity index (χ1n) is 6.15. The maximum absolute atomic E-state index is 12.1. The normalized spacial score (nSPS) is 20.2. The van der Waals surface area contributed by atoms with E-state index in [1.807, 2.05) is 0 Å². The zero-order valence-electron chi connectivity index (χ0n) is 10.4. The molecule has 1 saturated heterocycles. The maximum atomic E-state index is 12.1. The average molecular weight is 336 g/mol. The zero-order valence-corrected chi connectivity index (χ0v) is 11.9. The molecule has 0 amide bonds. The Balaban J connectivity index is 1.96. The van der Waals surface area contributed by atoms with Crippen LogP contribution >= 0.6 is 15.9 Å². The van der Waals surface area contributed by atoms with Gasteiger partial charge in [-0.15, -0.1) is 0 Å². The number of ether oxygens (including phenoxy) is 1. The van der Waals surface area contributed by atoms with E-state index in [-0.39, 0.29) is 12.4 Å². The van der Waals surface area contributed by atoms with Crippen LogP contribution in [0.15, 0.2) is 22.7 Å². The summed E-state index contributed by atoms with van der Waals surface area (Å²) in [7, 11) is 0. The Hall–Kier alpha value is -0.720. The van der Waals surface area contributed by atoms with Gasteiger partial charge in [0.15, 0.2) is 0 Å². The van der Waals surface area contributed by atoms with Crippen molar-refractivity contribution in [2.75, 3.05) is 19.7 Å². The smallest absolute Gasteiger partial charge is 0.387 e. The van der Waals surface area contributed by atoms with Crippen molar-refractivity contribution in [3.63, 3.8) is 0 Å². The highest BCUT2D eigenvalue weighted by Gasteiger charge is 2.21. The summed E-state index contributed by atoms with van der Waals surface area (Å²) in [6.07, 6.45) is 1.00. The minimum Gasteiger partial charge on any atom is -0.434 e. The Morgan fingerprint density at radius 2 is 2.26 bits per heavy atom. The van der Waals surface area contributed by atoms with Gasteiger partial charge in [-0.1, -0.05) is 6.07 Å². The lowest BCUT2D eigenvalue weighted by molar-refractivity contribution is -0.0503. The lowest BCUT2D eigenvalue weighted by atomic mass is 10.1. The predicted molar refractivity (Wildman–Crippen MR) is 71.2 cm³/mol. The van der Waals surface area contributed by atoms with Crippen molar-refractivity contribution in [1.82, 2.24) is 4.90 Å². The molecule has 1 atom stereocenters. The molecular weight excluding hydrogens is 320 g/mol. The summed E-state index contributed by atoms with van der Waals surface area (Å²) in [6.45, 7) is -0.00139. The van der Waals surface area contributed by atoms with Crippen molar-refractivity contribution in [2.24, 2.45) is 5.92 Å². The number of aliphatic hydroxyl groups is 1. The second kappa shape index (κ2) is 6.63. The molecule has 19 heavy (non-hydrogen) atoms. The summed E-state index contributed by atoms with van der Waals surface area (Å²) in [5.41, 5.74) is 1.03. The third-order valence-corrected chi connectivity index (χ3v) is 3.87. The van der Waals surface area contributed by atoms with Crippen LogP contribution in [0.3, 0.4) is 0 Å². The fourth-order valence-electron chi connectivity index (χ4n) is 2.30. The number of aliphatic hydroxyl groups excluding tert-OH is 1. The van der Waals surface area contributed by atoms with Crippen molar-refractivity contribution in [1.29, 1.82) is 0 Å². The number of benzene rings is 1. The minimum absolute atomic E-state index is 0.147. The van der Waals surface area contributed by atoms with Gasteiger partial charge in [0.25, 0.3) is 0 Å². The van der Waals surface area contributed by atoms with E-state index in [1.54, 1.807) is 18.2 Å². The van der Waals surface area contributed by atoms with E-state index >= 15 is 0 Å². The van der Waals surface area contributed by atoms with Crippen LogP contribution < -0.4 is 4.74 Å². The van der Waals surface area contributed by atoms with Crippen LogP contribution in [-0.2, 0) is 6.54 Å². The molecule has 1 aliphatic heterocycles. The van der Waals surface area contributed by atoms with Crippen LogP contribution in [0.25, 0.3) is 0 Å². The molecule has 6 heteroatoms. The Bertz CT molecular complexity index is 431. The molecule has 1 N–H and O–H groups in total. The monoisotopic (exact) mass is 335 g/mol. The number of halogens is 3. The van der Waals surface area contributed by atoms with E-state index in [9.17, 15) is 8.78 Å². The van der Waals surface area contributed by atoms with Crippen molar-refractivity contribution in [3.05, 3.63) is 28.2 Å². The summed E-state index contributed by atoms with van der Waals surface area (Å²) in [4.78, 5) is 2.25. The van der Waals surface area contributed by atoms with Gasteiger partial charge < -0.3 is 9.84 Å². The Labute approximate surface area is 119 Å². The largest absolute Gasteiger partial charge is 0.434 e. The summed E-state index contributed by atoms with van der Waals surface area (Å²) in [5.74, 6) is 0.498. The first kappa shape index (κ1) is 14.7. The van der Waals surface area contributed by atoms with E-state index in [4.69, 9.17) is 5.11 Å². The summed E-state index contributed by atoms with van der Waals surface area (Å²) in [6, 6.07) is 5.13. The Morgan fingerprint density at radius 1 is 1.47 bits per heavy atom. The zero-order chi connectivity index (χ0) is 13.8. The van der Waals surface area contributed by atoms with Gasteiger partial charge >= 0.3 is 6.61 Å². The van der Waals surface area contributed by atoms with Gasteiger partial charge in [0.05, 0.1) is 4.47 Å². The molecule has 0 aromatic heterocycles. The van der Waals surface area contributed by atoms with E-state index in [1.165, 1.54) is 0 Å². The third kappa shape index (κ3) is 4.12. The first-order chi connectivity index (χ1) is 9.08. The highest BCUT2D eigenvalue weighted by Crippen LogP contribution is 2.28. The summed E-state index contributed by atoms with van der Waals surface area (Å²) < 4.78 is 29.2. The predicted octanol–water partition coefficient (Wildman–Crippen LogP) is 2.86. The molecular formula is C13H16BrF2NO2. The Morgan fingerprint density at radius 3 is 2.84 bits per heavy atom. The molecule has 1 fully saturated rings. The second-order valence-electron chi connectivity index (χ2n) is 4.72. The first-order valence-corrected chi connectivity index (χ1v) is 6.94. The van der Waals surface area contributed by atoms with E-state index in [2.05, 4.69) is 25.6 Å². The maximum Gasteiger partial charge on any atom is 0.387 e. The fourth-order valence-corrected chi connectivity index (χ4v) is 2.82. The number of nitrogens with zero attached hydrogens (tertiary/aromatic N) is 1. The Kier molecular flexibility index (Phi) is 5.13. The molecule has 1 aliphatic rings. The fraction of sp³-hybridized carbons (Fsp3) is 0.538. The SMILES string of the molecule is OC[C@@H]1CCN(Cc2ccc(OC(F)F)c(Br)c2)C1. The quantitative estimate of drug-likeness (QED) is 0.898. The molecule has 2 rings (SSSR count). The molecule has 0 spiro atoms. The lowest BCUT2D eigenvalue weighted by Crippen LogP contribution is -2.21. The summed E-state index contributed by atoms with van der Waals surface area (Å²) in [5, 5.41) is 9.09. The van der Waals surface area contributed by atoms with E-state index < -0.39 is 6.61 Å². The minimum atomic E-state index is -2.81. The van der Waals surface area contributed by atoms with Crippen LogP contribution in [0, 0.1) is 5.92 Å². The van der Waals surface area contributed by atoms with Gasteiger partial charge in [0, 0.05) is 19.7 Å². The number of likely N-dealkylation sites (tertiary alicyclic amines) is 1. The van der Waals surface area contributed by atoms with Crippen LogP contribution in [0.4, 0.5) is 8.78 Å². The van der Waals surface area contributed by atoms with Crippen LogP contribution in [0.2, 0.25) is 0 Å². The van der Waals surface area contributed by atoms with Crippen molar-refractivity contribution in [3.8, 4) is 5.75 Å². The van der Waals surface area contributed by atoms with Crippen LogP contribution in [-0.4, -0.2) is 36.3 Å². The molecule has 106 valence electrons. The van der Waals surface area contributed by atoms with Gasteiger partial charge in [-0.05, 0) is 52.5 Å². The van der Waals surface area contributed by atoms with Gasteiger partial charge in [-0.2, -0.15) is 8.78 Å². The standard InChI is InChI=1S/C13H16BrF2NO2/c14-11-5-9(1-2-12(11)19-13(15)16)6-17-4-3-10(7-17)8-18/h1-2,5,10,13,18H,3-4,6-8H2/t10-/m1/s1. The topological polar surface area (TPSA) is 32.7 Å². The molecule has 1 heterocycles. The number of rotatable bonds is 5. The van der Waals surface area contributed by atoms with Crippen molar-refractivity contribution < 1.29 is 18.6 Å². The lowest BCUT2D eigenvalue weighted by Gasteiger charge is -2.16. The molecule has 0 saturated carbocycles. The summed E-state index contributed by atoms with van der Waals surface area (Å²) >= 11 is 3.23. The average Bonchev–Trinajstić information content (AvgIpc) is 2.80. The van der Waals surface area contributed by atoms with Crippen LogP contribution in [0.1, 0.15) is 12.0 Å². The van der Waals surface area contributed by atoms with Crippen LogP contribution in [0.5, 0.6) is 5.75 Å². The highest BCUT2D eigenvalue weighted by atomic mass is 79.9. The molecule has 0 unspecified atom stereocenters. The molecule has 3 nitrogen and oxygen atoms in total. The van der Waals surface area contributed by atoms with Gasteiger partial charge in [0.1, 0.15) is 5.75 Å². The van der Waals surface area contributed by atoms with E-state index in [0.29, 0.717) is 10.4 Å².